The van der Waals surface area contributed by atoms with Crippen molar-refractivity contribution in [3.05, 3.63) is 46.5 Å². The maximum absolute atomic E-state index is 13.3. The predicted octanol–water partition coefficient (Wildman–Crippen LogP) is 3.20. The Labute approximate surface area is 155 Å². The van der Waals surface area contributed by atoms with Crippen molar-refractivity contribution in [3.63, 3.8) is 0 Å². The van der Waals surface area contributed by atoms with Crippen molar-refractivity contribution < 1.29 is 19.2 Å². The van der Waals surface area contributed by atoms with Gasteiger partial charge in [-0.15, -0.1) is 0 Å². The molecule has 3 heterocycles. The van der Waals surface area contributed by atoms with E-state index in [1.165, 1.54) is 17.0 Å². The number of fused-ring (bicyclic) bond motifs is 6. The molecule has 7 nitrogen and oxygen atoms in total. The van der Waals surface area contributed by atoms with Crippen molar-refractivity contribution in [2.75, 3.05) is 4.90 Å². The predicted molar refractivity (Wildman–Crippen MR) is 97.2 cm³/mol. The van der Waals surface area contributed by atoms with Crippen LogP contribution in [0.1, 0.15) is 26.7 Å². The first-order valence-electron chi connectivity index (χ1n) is 9.01. The number of nitro groups is 1. The fraction of sp³-hybridized carbons (Fsp3) is 0.400. The third kappa shape index (κ3) is 1.89. The molecule has 0 N–H and O–H groups in total. The first-order valence-corrected chi connectivity index (χ1v) is 9.01. The summed E-state index contributed by atoms with van der Waals surface area (Å²) in [6.07, 6.45) is 1.50. The summed E-state index contributed by atoms with van der Waals surface area (Å²) in [4.78, 5) is 38.7. The van der Waals surface area contributed by atoms with Gasteiger partial charge in [0, 0.05) is 11.5 Å². The van der Waals surface area contributed by atoms with Crippen molar-refractivity contribution in [2.24, 2.45) is 11.8 Å². The standard InChI is InChI=1S/C20H18N2O5/c1-19-9-10-20(2,27-19)16-15(19)17(23)21(18(16)24)13-7-8-14(22(25)26)12-6-4-3-5-11(12)13/h3-8,15-16H,9-10H2,1-2H3. The Kier molecular flexibility index (Phi) is 2.99. The van der Waals surface area contributed by atoms with Gasteiger partial charge in [0.1, 0.15) is 0 Å². The van der Waals surface area contributed by atoms with Gasteiger partial charge in [-0.05, 0) is 38.8 Å². The van der Waals surface area contributed by atoms with Gasteiger partial charge in [-0.2, -0.15) is 0 Å². The summed E-state index contributed by atoms with van der Waals surface area (Å²) in [6, 6.07) is 9.67. The number of imide groups is 1. The van der Waals surface area contributed by atoms with Gasteiger partial charge in [-0.25, -0.2) is 4.90 Å². The second-order valence-corrected chi connectivity index (χ2v) is 8.10. The fourth-order valence-electron chi connectivity index (χ4n) is 5.33. The van der Waals surface area contributed by atoms with Crippen LogP contribution in [0, 0.1) is 22.0 Å². The summed E-state index contributed by atoms with van der Waals surface area (Å²) in [7, 11) is 0. The average molecular weight is 366 g/mol. The molecule has 2 bridgehead atoms. The average Bonchev–Trinajstić information content (AvgIpc) is 3.18. The zero-order chi connectivity index (χ0) is 19.1. The van der Waals surface area contributed by atoms with E-state index in [2.05, 4.69) is 0 Å². The summed E-state index contributed by atoms with van der Waals surface area (Å²) >= 11 is 0. The number of hydrogen-bond acceptors (Lipinski definition) is 5. The summed E-state index contributed by atoms with van der Waals surface area (Å²) in [5, 5.41) is 12.3. The molecule has 7 heteroatoms. The molecule has 2 aromatic carbocycles. The van der Waals surface area contributed by atoms with Crippen molar-refractivity contribution in [3.8, 4) is 0 Å². The lowest BCUT2D eigenvalue weighted by molar-refractivity contribution is -0.383. The first kappa shape index (κ1) is 16.4. The van der Waals surface area contributed by atoms with Gasteiger partial charge in [0.2, 0.25) is 11.8 Å². The van der Waals surface area contributed by atoms with Gasteiger partial charge < -0.3 is 4.74 Å². The molecule has 4 unspecified atom stereocenters. The van der Waals surface area contributed by atoms with E-state index in [-0.39, 0.29) is 17.5 Å². The number of non-ortho nitro benzene ring substituents is 1. The number of benzene rings is 2. The monoisotopic (exact) mass is 366 g/mol. The Bertz CT molecular complexity index is 1020. The van der Waals surface area contributed by atoms with Crippen LogP contribution in [-0.4, -0.2) is 27.9 Å². The summed E-state index contributed by atoms with van der Waals surface area (Å²) in [5.41, 5.74) is -0.891. The molecule has 0 aliphatic carbocycles. The van der Waals surface area contributed by atoms with Gasteiger partial charge in [0.15, 0.2) is 0 Å². The lowest BCUT2D eigenvalue weighted by Gasteiger charge is -2.27. The minimum absolute atomic E-state index is 0.0454. The lowest BCUT2D eigenvalue weighted by Crippen LogP contribution is -2.40. The van der Waals surface area contributed by atoms with Crippen LogP contribution >= 0.6 is 0 Å². The largest absolute Gasteiger partial charge is 0.367 e. The van der Waals surface area contributed by atoms with Gasteiger partial charge >= 0.3 is 0 Å². The van der Waals surface area contributed by atoms with Crippen LogP contribution in [0.5, 0.6) is 0 Å². The molecule has 4 atom stereocenters. The topological polar surface area (TPSA) is 89.8 Å². The summed E-state index contributed by atoms with van der Waals surface area (Å²) in [6.45, 7) is 3.82. The summed E-state index contributed by atoms with van der Waals surface area (Å²) in [5.74, 6) is -1.54. The number of carbonyl (C=O) groups is 2. The Hall–Kier alpha value is -2.80. The molecule has 0 radical (unpaired) electrons. The lowest BCUT2D eigenvalue weighted by atomic mass is 9.69. The number of rotatable bonds is 2. The van der Waals surface area contributed by atoms with E-state index in [0.29, 0.717) is 16.5 Å². The normalized spacial score (nSPS) is 34.5. The molecular formula is C20H18N2O5. The minimum atomic E-state index is -0.627. The van der Waals surface area contributed by atoms with Crippen LogP contribution in [0.25, 0.3) is 10.8 Å². The Morgan fingerprint density at radius 3 is 2.11 bits per heavy atom. The highest BCUT2D eigenvalue weighted by Crippen LogP contribution is 2.61. The van der Waals surface area contributed by atoms with E-state index in [0.717, 1.165) is 12.8 Å². The molecule has 5 rings (SSSR count). The Morgan fingerprint density at radius 1 is 1.00 bits per heavy atom. The van der Waals surface area contributed by atoms with Gasteiger partial charge in [-0.1, -0.05) is 18.2 Å². The quantitative estimate of drug-likeness (QED) is 0.462. The second kappa shape index (κ2) is 4.92. The molecule has 27 heavy (non-hydrogen) atoms. The maximum atomic E-state index is 13.3. The van der Waals surface area contributed by atoms with Crippen LogP contribution in [-0.2, 0) is 14.3 Å². The summed E-state index contributed by atoms with van der Waals surface area (Å²) < 4.78 is 6.12. The van der Waals surface area contributed by atoms with Gasteiger partial charge in [0.25, 0.3) is 5.69 Å². The Morgan fingerprint density at radius 2 is 1.56 bits per heavy atom. The highest BCUT2D eigenvalue weighted by Gasteiger charge is 2.72. The number of hydrogen-bond donors (Lipinski definition) is 0. The smallest absolute Gasteiger partial charge is 0.277 e. The van der Waals surface area contributed by atoms with Crippen LogP contribution in [0.15, 0.2) is 36.4 Å². The van der Waals surface area contributed by atoms with Crippen LogP contribution in [0.2, 0.25) is 0 Å². The Balaban J connectivity index is 1.69. The number of amides is 2. The molecule has 138 valence electrons. The molecule has 0 saturated carbocycles. The maximum Gasteiger partial charge on any atom is 0.277 e. The molecular weight excluding hydrogens is 348 g/mol. The van der Waals surface area contributed by atoms with E-state index >= 15 is 0 Å². The zero-order valence-corrected chi connectivity index (χ0v) is 15.0. The van der Waals surface area contributed by atoms with E-state index in [4.69, 9.17) is 4.74 Å². The van der Waals surface area contributed by atoms with E-state index in [1.807, 2.05) is 13.8 Å². The third-order valence-electron chi connectivity index (χ3n) is 6.52. The molecule has 2 amide bonds. The van der Waals surface area contributed by atoms with E-state index in [9.17, 15) is 19.7 Å². The second-order valence-electron chi connectivity index (χ2n) is 8.10. The van der Waals surface area contributed by atoms with E-state index in [1.54, 1.807) is 24.3 Å². The molecule has 0 spiro atoms. The molecule has 2 aromatic rings. The zero-order valence-electron chi connectivity index (χ0n) is 15.0. The first-order chi connectivity index (χ1) is 12.8. The molecule has 3 fully saturated rings. The fourth-order valence-corrected chi connectivity index (χ4v) is 5.33. The van der Waals surface area contributed by atoms with Crippen LogP contribution in [0.3, 0.4) is 0 Å². The van der Waals surface area contributed by atoms with Crippen molar-refractivity contribution in [2.45, 2.75) is 37.9 Å². The third-order valence-corrected chi connectivity index (χ3v) is 6.52. The van der Waals surface area contributed by atoms with E-state index < -0.39 is 28.0 Å². The molecule has 3 saturated heterocycles. The molecule has 3 aliphatic heterocycles. The number of carbonyl (C=O) groups excluding carboxylic acids is 2. The number of anilines is 1. The molecule has 0 aromatic heterocycles. The number of nitro benzene ring substituents is 1. The highest BCUT2D eigenvalue weighted by molar-refractivity contribution is 6.26. The van der Waals surface area contributed by atoms with Gasteiger partial charge in [-0.3, -0.25) is 19.7 Å². The number of nitrogens with zero attached hydrogens (tertiary/aromatic N) is 2. The van der Waals surface area contributed by atoms with Gasteiger partial charge in [0.05, 0.1) is 39.0 Å². The minimum Gasteiger partial charge on any atom is -0.367 e. The number of ether oxygens (including phenoxy) is 1. The molecule has 3 aliphatic rings. The SMILES string of the molecule is CC12CCC(C)(O1)C1C(=O)N(c3ccc([N+](=O)[O-])c4ccccc34)C(=O)C12. The highest BCUT2D eigenvalue weighted by atomic mass is 16.6. The van der Waals surface area contributed by atoms with Crippen molar-refractivity contribution in [1.82, 2.24) is 0 Å². The van der Waals surface area contributed by atoms with Crippen molar-refractivity contribution >= 4 is 34.0 Å². The van der Waals surface area contributed by atoms with Crippen LogP contribution in [0.4, 0.5) is 11.4 Å². The van der Waals surface area contributed by atoms with Crippen molar-refractivity contribution in [1.29, 1.82) is 0 Å². The van der Waals surface area contributed by atoms with Crippen LogP contribution < -0.4 is 4.90 Å².